The molecule has 0 radical (unpaired) electrons. The van der Waals surface area contributed by atoms with Crippen LogP contribution in [0.5, 0.6) is 0 Å². The normalized spacial score (nSPS) is 15.0. The highest BCUT2D eigenvalue weighted by Gasteiger charge is 2.29. The van der Waals surface area contributed by atoms with Gasteiger partial charge in [0.25, 0.3) is 0 Å². The van der Waals surface area contributed by atoms with Crippen LogP contribution in [0.25, 0.3) is 0 Å². The van der Waals surface area contributed by atoms with Gasteiger partial charge in [0, 0.05) is 13.1 Å². The molecule has 1 aliphatic rings. The molecule has 0 saturated carbocycles. The molecular weight excluding hydrogens is 440 g/mol. The van der Waals surface area contributed by atoms with E-state index >= 15 is 0 Å². The Labute approximate surface area is 177 Å². The van der Waals surface area contributed by atoms with Crippen LogP contribution in [-0.2, 0) is 14.8 Å². The zero-order valence-electron chi connectivity index (χ0n) is 15.7. The van der Waals surface area contributed by atoms with Crippen LogP contribution in [0.2, 0.25) is 5.02 Å². The van der Waals surface area contributed by atoms with E-state index in [1.54, 1.807) is 0 Å². The van der Waals surface area contributed by atoms with E-state index in [9.17, 15) is 26.8 Å². The molecular formula is C20H18ClF2NO5S. The van der Waals surface area contributed by atoms with Gasteiger partial charge < -0.3 is 4.74 Å². The number of rotatable bonds is 6. The summed E-state index contributed by atoms with van der Waals surface area (Å²) in [5, 5.41) is -0.0463. The van der Waals surface area contributed by atoms with E-state index in [1.165, 1.54) is 16.4 Å². The van der Waals surface area contributed by atoms with Gasteiger partial charge in [-0.2, -0.15) is 4.31 Å². The smallest absolute Gasteiger partial charge is 0.338 e. The lowest BCUT2D eigenvalue weighted by Crippen LogP contribution is -2.35. The fourth-order valence-electron chi connectivity index (χ4n) is 3.08. The number of ketones is 1. The van der Waals surface area contributed by atoms with Crippen molar-refractivity contribution in [1.82, 2.24) is 4.31 Å². The van der Waals surface area contributed by atoms with Gasteiger partial charge in [0.2, 0.25) is 15.8 Å². The molecule has 0 aliphatic carbocycles. The number of hydrogen-bond acceptors (Lipinski definition) is 5. The number of sulfonamides is 1. The van der Waals surface area contributed by atoms with E-state index in [0.717, 1.165) is 37.5 Å². The quantitative estimate of drug-likeness (QED) is 0.486. The highest BCUT2D eigenvalue weighted by molar-refractivity contribution is 7.89. The van der Waals surface area contributed by atoms with Crippen molar-refractivity contribution in [1.29, 1.82) is 0 Å². The largest absolute Gasteiger partial charge is 0.454 e. The molecule has 0 amide bonds. The summed E-state index contributed by atoms with van der Waals surface area (Å²) in [4.78, 5) is 24.1. The van der Waals surface area contributed by atoms with Gasteiger partial charge in [0.1, 0.15) is 16.5 Å². The molecule has 0 bridgehead atoms. The third kappa shape index (κ3) is 4.85. The Bertz CT molecular complexity index is 1080. The van der Waals surface area contributed by atoms with Crippen LogP contribution in [-0.4, -0.2) is 44.2 Å². The molecule has 0 atom stereocenters. The van der Waals surface area contributed by atoms with Gasteiger partial charge in [-0.15, -0.1) is 0 Å². The first kappa shape index (κ1) is 22.3. The van der Waals surface area contributed by atoms with Crippen molar-refractivity contribution < 1.29 is 31.5 Å². The summed E-state index contributed by atoms with van der Waals surface area (Å²) >= 11 is 6.06. The standard InChI is InChI=1S/C20H18ClF2NO5S/c21-16-6-4-13(10-19(16)30(27,28)24-8-2-1-3-9-24)20(26)29-12-18(25)15-11-14(22)5-7-17(15)23/h4-7,10-11H,1-3,8-9,12H2. The minimum absolute atomic E-state index is 0.0463. The first-order valence-electron chi connectivity index (χ1n) is 9.15. The van der Waals surface area contributed by atoms with Crippen LogP contribution in [0.15, 0.2) is 41.3 Å². The average molecular weight is 458 g/mol. The van der Waals surface area contributed by atoms with E-state index in [2.05, 4.69) is 0 Å². The fraction of sp³-hybridized carbons (Fsp3) is 0.300. The van der Waals surface area contributed by atoms with Crippen LogP contribution in [0.3, 0.4) is 0 Å². The van der Waals surface area contributed by atoms with Gasteiger partial charge in [0.05, 0.1) is 16.1 Å². The number of hydrogen-bond donors (Lipinski definition) is 0. The summed E-state index contributed by atoms with van der Waals surface area (Å²) in [5.74, 6) is -3.68. The molecule has 0 spiro atoms. The van der Waals surface area contributed by atoms with E-state index in [0.29, 0.717) is 19.2 Å². The molecule has 3 rings (SSSR count). The molecule has 0 unspecified atom stereocenters. The second-order valence-corrected chi connectivity index (χ2v) is 9.05. The Kier molecular flexibility index (Phi) is 6.84. The van der Waals surface area contributed by atoms with E-state index in [4.69, 9.17) is 16.3 Å². The van der Waals surface area contributed by atoms with Crippen LogP contribution in [0.1, 0.15) is 40.0 Å². The van der Waals surface area contributed by atoms with Gasteiger partial charge >= 0.3 is 5.97 Å². The lowest BCUT2D eigenvalue weighted by atomic mass is 10.1. The first-order valence-corrected chi connectivity index (χ1v) is 11.0. The Morgan fingerprint density at radius 2 is 1.73 bits per heavy atom. The monoisotopic (exact) mass is 457 g/mol. The zero-order valence-corrected chi connectivity index (χ0v) is 17.3. The topological polar surface area (TPSA) is 80.8 Å². The van der Waals surface area contributed by atoms with Gasteiger partial charge in [-0.05, 0) is 49.2 Å². The molecule has 10 heteroatoms. The summed E-state index contributed by atoms with van der Waals surface area (Å²) in [7, 11) is -3.90. The number of nitrogens with zero attached hydrogens (tertiary/aromatic N) is 1. The summed E-state index contributed by atoms with van der Waals surface area (Å²) < 4.78 is 58.8. The van der Waals surface area contributed by atoms with Crippen molar-refractivity contribution in [3.05, 3.63) is 64.2 Å². The summed E-state index contributed by atoms with van der Waals surface area (Å²) in [5.41, 5.74) is -0.685. The van der Waals surface area contributed by atoms with Crippen molar-refractivity contribution in [3.8, 4) is 0 Å². The fourth-order valence-corrected chi connectivity index (χ4v) is 5.09. The predicted octanol–water partition coefficient (Wildman–Crippen LogP) is 3.83. The summed E-state index contributed by atoms with van der Waals surface area (Å²) in [6, 6.07) is 5.95. The molecule has 1 aliphatic heterocycles. The lowest BCUT2D eigenvalue weighted by molar-refractivity contribution is 0.0473. The molecule has 160 valence electrons. The van der Waals surface area contributed by atoms with E-state index in [-0.39, 0.29) is 15.5 Å². The SMILES string of the molecule is O=C(OCC(=O)c1cc(F)ccc1F)c1ccc(Cl)c(S(=O)(=O)N2CCCCC2)c1. The predicted molar refractivity (Wildman–Crippen MR) is 105 cm³/mol. The van der Waals surface area contributed by atoms with Gasteiger partial charge in [0.15, 0.2) is 6.61 Å². The minimum Gasteiger partial charge on any atom is -0.454 e. The molecule has 6 nitrogen and oxygen atoms in total. The highest BCUT2D eigenvalue weighted by Crippen LogP contribution is 2.28. The zero-order chi connectivity index (χ0) is 21.9. The average Bonchev–Trinajstić information content (AvgIpc) is 2.74. The number of carbonyl (C=O) groups is 2. The van der Waals surface area contributed by atoms with Crippen molar-refractivity contribution in [2.75, 3.05) is 19.7 Å². The molecule has 2 aromatic rings. The second-order valence-electron chi connectivity index (χ2n) is 6.73. The number of esters is 1. The van der Waals surface area contributed by atoms with Crippen LogP contribution >= 0.6 is 11.6 Å². The molecule has 1 fully saturated rings. The Morgan fingerprint density at radius 1 is 1.03 bits per heavy atom. The number of halogens is 3. The van der Waals surface area contributed by atoms with Gasteiger partial charge in [-0.1, -0.05) is 18.0 Å². The number of carbonyl (C=O) groups excluding carboxylic acids is 2. The maximum atomic E-state index is 13.7. The third-order valence-electron chi connectivity index (χ3n) is 4.66. The van der Waals surface area contributed by atoms with Crippen molar-refractivity contribution >= 4 is 33.4 Å². The van der Waals surface area contributed by atoms with E-state index in [1.807, 2.05) is 0 Å². The van der Waals surface area contributed by atoms with Crippen LogP contribution in [0, 0.1) is 11.6 Å². The minimum atomic E-state index is -3.90. The lowest BCUT2D eigenvalue weighted by Gasteiger charge is -2.26. The van der Waals surface area contributed by atoms with Crippen molar-refractivity contribution in [2.45, 2.75) is 24.2 Å². The number of ether oxygens (including phenoxy) is 1. The molecule has 0 N–H and O–H groups in total. The Hall–Kier alpha value is -2.36. The van der Waals surface area contributed by atoms with Crippen LogP contribution in [0.4, 0.5) is 8.78 Å². The first-order chi connectivity index (χ1) is 14.2. The molecule has 1 saturated heterocycles. The Balaban J connectivity index is 1.76. The number of piperidine rings is 1. The maximum absolute atomic E-state index is 13.7. The van der Waals surface area contributed by atoms with Crippen molar-refractivity contribution in [2.24, 2.45) is 0 Å². The van der Waals surface area contributed by atoms with Crippen molar-refractivity contribution in [3.63, 3.8) is 0 Å². The van der Waals surface area contributed by atoms with Gasteiger partial charge in [-0.25, -0.2) is 22.0 Å². The van der Waals surface area contributed by atoms with Crippen LogP contribution < -0.4 is 0 Å². The summed E-state index contributed by atoms with van der Waals surface area (Å²) in [6.07, 6.45) is 2.40. The van der Waals surface area contributed by atoms with E-state index < -0.39 is 45.6 Å². The molecule has 30 heavy (non-hydrogen) atoms. The Morgan fingerprint density at radius 3 is 2.43 bits per heavy atom. The number of Topliss-reactive ketones (excluding diaryl/α,β-unsaturated/α-hetero) is 1. The molecule has 1 heterocycles. The number of benzene rings is 2. The second kappa shape index (κ2) is 9.20. The maximum Gasteiger partial charge on any atom is 0.338 e. The van der Waals surface area contributed by atoms with Gasteiger partial charge in [-0.3, -0.25) is 4.79 Å². The molecule has 2 aromatic carbocycles. The molecule has 0 aromatic heterocycles. The third-order valence-corrected chi connectivity index (χ3v) is 7.04. The summed E-state index contributed by atoms with van der Waals surface area (Å²) in [6.45, 7) is -0.113. The highest BCUT2D eigenvalue weighted by atomic mass is 35.5.